The number of benzene rings is 4. The highest BCUT2D eigenvalue weighted by Crippen LogP contribution is 2.20. The maximum absolute atomic E-state index is 14.8. The fourth-order valence-electron chi connectivity index (χ4n) is 5.80. The Balaban J connectivity index is 0.000000174. The first-order chi connectivity index (χ1) is 27.3. The summed E-state index contributed by atoms with van der Waals surface area (Å²) in [5, 5.41) is 4.00. The summed E-state index contributed by atoms with van der Waals surface area (Å²) >= 11 is 0.995. The van der Waals surface area contributed by atoms with Gasteiger partial charge in [0.2, 0.25) is 0 Å². The molecule has 4 aromatic heterocycles. The van der Waals surface area contributed by atoms with E-state index in [9.17, 15) is 36.7 Å². The number of rotatable bonds is 2. The van der Waals surface area contributed by atoms with Crippen LogP contribution < -0.4 is 22.5 Å². The lowest BCUT2D eigenvalue weighted by Crippen LogP contribution is -2.38. The minimum absolute atomic E-state index is 0.0682. The van der Waals surface area contributed by atoms with Crippen LogP contribution in [-0.2, 0) is 21.1 Å². The quantitative estimate of drug-likeness (QED) is 0.181. The Bertz CT molecular complexity index is 3220. The molecule has 16 heteroatoms. The predicted molar refractivity (Wildman–Crippen MR) is 207 cm³/mol. The molecule has 0 saturated heterocycles. The first-order valence-electron chi connectivity index (χ1n) is 16.7. The van der Waals surface area contributed by atoms with Gasteiger partial charge in [-0.3, -0.25) is 23.4 Å². The van der Waals surface area contributed by atoms with Gasteiger partial charge in [0.1, 0.15) is 16.1 Å². The number of hydrogen-bond donors (Lipinski definition) is 0. The van der Waals surface area contributed by atoms with Crippen LogP contribution in [-0.4, -0.2) is 33.0 Å². The van der Waals surface area contributed by atoms with Crippen LogP contribution in [0.15, 0.2) is 116 Å². The third-order valence-electron chi connectivity index (χ3n) is 8.53. The van der Waals surface area contributed by atoms with Gasteiger partial charge in [-0.2, -0.15) is 5.10 Å². The third kappa shape index (κ3) is 7.20. The Hall–Kier alpha value is -7.56. The van der Waals surface area contributed by atoms with Crippen molar-refractivity contribution in [2.75, 3.05) is 0 Å². The topological polar surface area (TPSA) is 119 Å². The van der Waals surface area contributed by atoms with Crippen molar-refractivity contribution in [1.82, 2.24) is 33.0 Å². The standard InChI is InChI=1S/C21H14F2N4O2.C20H11F2N3O2S/c1-25-12-17-18(24-25)20(28)27(21(29)26(17)2)19-15(22)10-14(11-16(19)23)9-8-13-6-4-3-5-7-13;1-24-18-17(28-11-23-18)19(26)25(20(24)27)16-14(21)9-13(10-15(16)22)8-7-12-5-3-2-4-6-12/h3-7,10-12H,1-2H3;2-6,9-11H,1H3. The molecule has 0 N–H and O–H groups in total. The van der Waals surface area contributed by atoms with Crippen molar-refractivity contribution < 1.29 is 17.6 Å². The highest BCUT2D eigenvalue weighted by atomic mass is 32.1. The number of aromatic nitrogens is 7. The average Bonchev–Trinajstić information content (AvgIpc) is 3.86. The van der Waals surface area contributed by atoms with Gasteiger partial charge in [-0.25, -0.2) is 41.3 Å². The van der Waals surface area contributed by atoms with Gasteiger partial charge in [0.25, 0.3) is 11.1 Å². The van der Waals surface area contributed by atoms with E-state index >= 15 is 0 Å². The van der Waals surface area contributed by atoms with E-state index in [-0.39, 0.29) is 32.5 Å². The zero-order valence-corrected chi connectivity index (χ0v) is 30.7. The van der Waals surface area contributed by atoms with Crippen molar-refractivity contribution >= 4 is 32.7 Å². The molecule has 0 fully saturated rings. The van der Waals surface area contributed by atoms with Crippen LogP contribution in [0.3, 0.4) is 0 Å². The molecule has 0 aliphatic heterocycles. The van der Waals surface area contributed by atoms with E-state index < -0.39 is 57.1 Å². The molecule has 0 aliphatic carbocycles. The van der Waals surface area contributed by atoms with Gasteiger partial charge in [-0.05, 0) is 48.5 Å². The molecule has 0 unspecified atom stereocenters. The molecule has 0 bridgehead atoms. The van der Waals surface area contributed by atoms with Crippen molar-refractivity contribution in [3.8, 4) is 35.1 Å². The van der Waals surface area contributed by atoms with E-state index in [1.54, 1.807) is 55.6 Å². The van der Waals surface area contributed by atoms with E-state index in [0.717, 1.165) is 44.7 Å². The zero-order valence-electron chi connectivity index (χ0n) is 29.9. The van der Waals surface area contributed by atoms with E-state index in [2.05, 4.69) is 33.8 Å². The molecule has 0 radical (unpaired) electrons. The van der Waals surface area contributed by atoms with Gasteiger partial charge < -0.3 is 0 Å². The van der Waals surface area contributed by atoms with Crippen LogP contribution in [0.1, 0.15) is 22.3 Å². The molecule has 57 heavy (non-hydrogen) atoms. The Kier molecular flexibility index (Phi) is 10.1. The molecule has 0 spiro atoms. The summed E-state index contributed by atoms with van der Waals surface area (Å²) in [6, 6.07) is 21.9. The molecule has 282 valence electrons. The smallest absolute Gasteiger partial charge is 0.293 e. The Morgan fingerprint density at radius 3 is 1.51 bits per heavy atom. The van der Waals surface area contributed by atoms with E-state index in [1.165, 1.54) is 30.5 Å². The van der Waals surface area contributed by atoms with Crippen LogP contribution in [0.4, 0.5) is 17.6 Å². The number of fused-ring (bicyclic) bond motifs is 2. The second-order valence-electron chi connectivity index (χ2n) is 12.3. The average molecular weight is 788 g/mol. The second kappa shape index (κ2) is 15.3. The van der Waals surface area contributed by atoms with Crippen molar-refractivity contribution in [2.45, 2.75) is 0 Å². The second-order valence-corrected chi connectivity index (χ2v) is 13.2. The van der Waals surface area contributed by atoms with Crippen molar-refractivity contribution in [3.05, 3.63) is 184 Å². The Morgan fingerprint density at radius 1 is 0.579 bits per heavy atom. The summed E-state index contributed by atoms with van der Waals surface area (Å²) < 4.78 is 63.6. The van der Waals surface area contributed by atoms with Crippen LogP contribution in [0.25, 0.3) is 32.8 Å². The van der Waals surface area contributed by atoms with Crippen LogP contribution in [0.5, 0.6) is 0 Å². The molecule has 8 rings (SSSR count). The maximum Gasteiger partial charge on any atom is 0.337 e. The van der Waals surface area contributed by atoms with Gasteiger partial charge in [-0.15, -0.1) is 11.3 Å². The summed E-state index contributed by atoms with van der Waals surface area (Å²) in [7, 11) is 4.36. The predicted octanol–water partition coefficient (Wildman–Crippen LogP) is 4.92. The van der Waals surface area contributed by atoms with Gasteiger partial charge in [0.15, 0.2) is 34.4 Å². The van der Waals surface area contributed by atoms with E-state index in [0.29, 0.717) is 20.3 Å². The van der Waals surface area contributed by atoms with Crippen molar-refractivity contribution in [1.29, 1.82) is 0 Å². The number of hydrogen-bond acceptors (Lipinski definition) is 7. The number of aryl methyl sites for hydroxylation is 3. The van der Waals surface area contributed by atoms with Crippen LogP contribution in [0, 0.1) is 47.0 Å². The fraction of sp³-hybridized carbons (Fsp3) is 0.0732. The first-order valence-corrected chi connectivity index (χ1v) is 17.6. The largest absolute Gasteiger partial charge is 0.337 e. The minimum Gasteiger partial charge on any atom is -0.293 e. The van der Waals surface area contributed by atoms with Crippen molar-refractivity contribution in [2.24, 2.45) is 21.1 Å². The van der Waals surface area contributed by atoms with Gasteiger partial charge in [-0.1, -0.05) is 60.1 Å². The summed E-state index contributed by atoms with van der Waals surface area (Å²) in [5.74, 6) is 6.71. The maximum atomic E-state index is 14.8. The lowest BCUT2D eigenvalue weighted by molar-refractivity contribution is 0.558. The molecule has 0 aliphatic rings. The summed E-state index contributed by atoms with van der Waals surface area (Å²) in [6.07, 6.45) is 1.48. The molecule has 0 amide bonds. The molecule has 11 nitrogen and oxygen atoms in total. The third-order valence-corrected chi connectivity index (χ3v) is 9.33. The summed E-state index contributed by atoms with van der Waals surface area (Å²) in [4.78, 5) is 54.5. The number of halogens is 4. The zero-order chi connectivity index (χ0) is 40.5. The highest BCUT2D eigenvalue weighted by molar-refractivity contribution is 7.16. The molecular formula is C41H25F4N7O4S. The molecule has 0 atom stereocenters. The first kappa shape index (κ1) is 37.7. The molecule has 0 saturated carbocycles. The SMILES string of the molecule is Cn1c(=O)n(-c2c(F)cc(C#Cc3ccccc3)cc2F)c(=O)c2scnc21.Cn1cc2c(n1)c(=O)n(-c1c(F)cc(C#Cc3ccccc3)cc1F)c(=O)n2C. The summed E-state index contributed by atoms with van der Waals surface area (Å²) in [5.41, 5.74) is -1.66. The van der Waals surface area contributed by atoms with Crippen LogP contribution >= 0.6 is 11.3 Å². The molecule has 4 aromatic carbocycles. The molecule has 8 aromatic rings. The van der Waals surface area contributed by atoms with E-state index in [1.807, 2.05) is 12.1 Å². The lowest BCUT2D eigenvalue weighted by atomic mass is 10.1. The normalized spacial score (nSPS) is 10.7. The minimum atomic E-state index is -1.07. The monoisotopic (exact) mass is 787 g/mol. The lowest BCUT2D eigenvalue weighted by Gasteiger charge is -2.10. The fourth-order valence-corrected chi connectivity index (χ4v) is 6.55. The van der Waals surface area contributed by atoms with Gasteiger partial charge in [0, 0.05) is 49.6 Å². The van der Waals surface area contributed by atoms with Gasteiger partial charge in [0.05, 0.1) is 11.0 Å². The molecular weight excluding hydrogens is 763 g/mol. The van der Waals surface area contributed by atoms with Gasteiger partial charge >= 0.3 is 11.4 Å². The van der Waals surface area contributed by atoms with Crippen LogP contribution in [0.2, 0.25) is 0 Å². The molecule has 4 heterocycles. The Morgan fingerprint density at radius 2 is 1.02 bits per heavy atom. The summed E-state index contributed by atoms with van der Waals surface area (Å²) in [6.45, 7) is 0. The van der Waals surface area contributed by atoms with E-state index in [4.69, 9.17) is 0 Å². The number of thiazole rings is 1. The number of nitrogens with zero attached hydrogens (tertiary/aromatic N) is 7. The highest BCUT2D eigenvalue weighted by Gasteiger charge is 2.23. The Labute approximate surface area is 322 Å². The van der Waals surface area contributed by atoms with Crippen molar-refractivity contribution in [3.63, 3.8) is 0 Å².